The molecule has 204 valence electrons. The second kappa shape index (κ2) is 11.1. The molecule has 4 aromatic rings. The van der Waals surface area contributed by atoms with Crippen LogP contribution in [0.15, 0.2) is 91.0 Å². The number of nitrogens with one attached hydrogen (secondary N) is 1. The van der Waals surface area contributed by atoms with E-state index in [1.165, 1.54) is 19.2 Å². The van der Waals surface area contributed by atoms with Crippen molar-refractivity contribution < 1.29 is 32.2 Å². The number of alkyl halides is 3. The Bertz CT molecular complexity index is 1540. The van der Waals surface area contributed by atoms with Crippen LogP contribution in [0.4, 0.5) is 23.7 Å². The maximum Gasteiger partial charge on any atom is 0.416 e. The van der Waals surface area contributed by atoms with Crippen LogP contribution in [0.2, 0.25) is 0 Å². The van der Waals surface area contributed by atoms with Crippen molar-refractivity contribution in [3.05, 3.63) is 113 Å². The molecule has 6 nitrogen and oxygen atoms in total. The summed E-state index contributed by atoms with van der Waals surface area (Å²) in [7, 11) is 1.43. The van der Waals surface area contributed by atoms with Crippen molar-refractivity contribution in [3.8, 4) is 22.6 Å². The molecule has 0 saturated carbocycles. The number of halogens is 3. The van der Waals surface area contributed by atoms with Crippen LogP contribution in [0, 0.1) is 0 Å². The second-order valence-corrected chi connectivity index (χ2v) is 9.25. The van der Waals surface area contributed by atoms with Gasteiger partial charge in [0, 0.05) is 24.3 Å². The minimum Gasteiger partial charge on any atom is -0.496 e. The Morgan fingerprint density at radius 3 is 2.33 bits per heavy atom. The molecule has 9 heteroatoms. The summed E-state index contributed by atoms with van der Waals surface area (Å²) < 4.78 is 50.2. The first-order chi connectivity index (χ1) is 19.2. The summed E-state index contributed by atoms with van der Waals surface area (Å²) in [6.45, 7) is 0.825. The zero-order chi connectivity index (χ0) is 28.3. The van der Waals surface area contributed by atoms with Crippen LogP contribution in [0.3, 0.4) is 0 Å². The third-order valence-corrected chi connectivity index (χ3v) is 6.67. The zero-order valence-electron chi connectivity index (χ0n) is 21.5. The molecule has 0 fully saturated rings. The molecule has 2 amide bonds. The van der Waals surface area contributed by atoms with Gasteiger partial charge in [-0.25, -0.2) is 4.79 Å². The van der Waals surface area contributed by atoms with E-state index in [1.807, 2.05) is 18.2 Å². The number of rotatable bonds is 5. The monoisotopic (exact) mass is 546 g/mol. The van der Waals surface area contributed by atoms with Gasteiger partial charge in [0.1, 0.15) is 11.5 Å². The number of ether oxygens (including phenoxy) is 2. The van der Waals surface area contributed by atoms with Crippen LogP contribution in [-0.4, -0.2) is 30.6 Å². The molecule has 1 aliphatic heterocycles. The van der Waals surface area contributed by atoms with Gasteiger partial charge in [0.25, 0.3) is 5.91 Å². The number of benzene rings is 4. The predicted octanol–water partition coefficient (Wildman–Crippen LogP) is 7.19. The number of anilines is 1. The van der Waals surface area contributed by atoms with Gasteiger partial charge >= 0.3 is 12.3 Å². The van der Waals surface area contributed by atoms with Gasteiger partial charge in [-0.2, -0.15) is 13.2 Å². The fourth-order valence-corrected chi connectivity index (χ4v) is 4.66. The van der Waals surface area contributed by atoms with E-state index >= 15 is 0 Å². The molecule has 0 unspecified atom stereocenters. The van der Waals surface area contributed by atoms with Gasteiger partial charge in [0.15, 0.2) is 0 Å². The van der Waals surface area contributed by atoms with Crippen molar-refractivity contribution in [2.24, 2.45) is 0 Å². The summed E-state index contributed by atoms with van der Waals surface area (Å²) >= 11 is 0. The molecule has 1 heterocycles. The summed E-state index contributed by atoms with van der Waals surface area (Å²) in [6, 6.07) is 23.8. The normalized spacial score (nSPS) is 12.8. The Labute approximate surface area is 229 Å². The number of hydrogen-bond donors (Lipinski definition) is 1. The molecular formula is C31H25F3N2O4. The number of methoxy groups -OCH3 is 1. The summed E-state index contributed by atoms with van der Waals surface area (Å²) in [4.78, 5) is 27.7. The lowest BCUT2D eigenvalue weighted by Crippen LogP contribution is -2.37. The molecule has 0 saturated heterocycles. The van der Waals surface area contributed by atoms with Gasteiger partial charge in [0.05, 0.1) is 18.2 Å². The van der Waals surface area contributed by atoms with Crippen molar-refractivity contribution in [1.82, 2.24) is 4.90 Å². The van der Waals surface area contributed by atoms with Crippen LogP contribution in [-0.2, 0) is 19.1 Å². The summed E-state index contributed by atoms with van der Waals surface area (Å²) in [6.07, 6.45) is -4.29. The minimum atomic E-state index is -4.47. The highest BCUT2D eigenvalue weighted by Gasteiger charge is 2.30. The van der Waals surface area contributed by atoms with Crippen LogP contribution in [0.1, 0.15) is 27.0 Å². The standard InChI is InChI=1S/C31H25F3N2O4/c1-39-27-9-5-8-26(28(27)21-10-13-23(14-11-21)31(32,33)34)29(37)35-24-15-12-20-16-17-36(19-22(20)18-24)30(38)40-25-6-3-2-4-7-25/h2-15,18H,16-17,19H2,1H3,(H,35,37). The van der Waals surface area contributed by atoms with E-state index in [9.17, 15) is 22.8 Å². The van der Waals surface area contributed by atoms with Crippen molar-refractivity contribution in [2.45, 2.75) is 19.1 Å². The Morgan fingerprint density at radius 2 is 1.62 bits per heavy atom. The number of carbonyl (C=O) groups excluding carboxylic acids is 2. The maximum absolute atomic E-state index is 13.4. The summed E-state index contributed by atoms with van der Waals surface area (Å²) in [5, 5.41) is 2.88. The summed E-state index contributed by atoms with van der Waals surface area (Å²) in [5.74, 6) is 0.358. The topological polar surface area (TPSA) is 67.9 Å². The van der Waals surface area contributed by atoms with Gasteiger partial charge in [-0.3, -0.25) is 4.79 Å². The maximum atomic E-state index is 13.4. The molecule has 0 bridgehead atoms. The molecule has 0 atom stereocenters. The quantitative estimate of drug-likeness (QED) is 0.288. The molecule has 0 aromatic heterocycles. The molecule has 0 aliphatic carbocycles. The number of fused-ring (bicyclic) bond motifs is 1. The van der Waals surface area contributed by atoms with Crippen LogP contribution in [0.5, 0.6) is 11.5 Å². The van der Waals surface area contributed by atoms with E-state index in [-0.39, 0.29) is 5.56 Å². The SMILES string of the molecule is COc1cccc(C(=O)Nc2ccc3c(c2)CN(C(=O)Oc2ccccc2)CC3)c1-c1ccc(C(F)(F)F)cc1. The van der Waals surface area contributed by atoms with Crippen molar-refractivity contribution in [2.75, 3.05) is 19.0 Å². The Balaban J connectivity index is 1.36. The van der Waals surface area contributed by atoms with Crippen LogP contribution >= 0.6 is 0 Å². The molecule has 0 radical (unpaired) electrons. The Hall–Kier alpha value is -4.79. The van der Waals surface area contributed by atoms with E-state index < -0.39 is 23.7 Å². The van der Waals surface area contributed by atoms with Gasteiger partial charge in [0.2, 0.25) is 0 Å². The minimum absolute atomic E-state index is 0.241. The fourth-order valence-electron chi connectivity index (χ4n) is 4.66. The first kappa shape index (κ1) is 26.8. The van der Waals surface area contributed by atoms with Crippen molar-refractivity contribution >= 4 is 17.7 Å². The number of carbonyl (C=O) groups is 2. The molecule has 1 N–H and O–H groups in total. The van der Waals surface area contributed by atoms with Gasteiger partial charge in [-0.1, -0.05) is 42.5 Å². The number of hydrogen-bond acceptors (Lipinski definition) is 4. The average Bonchev–Trinajstić information content (AvgIpc) is 2.96. The van der Waals surface area contributed by atoms with E-state index in [1.54, 1.807) is 53.4 Å². The van der Waals surface area contributed by atoms with Crippen molar-refractivity contribution in [1.29, 1.82) is 0 Å². The zero-order valence-corrected chi connectivity index (χ0v) is 21.5. The fraction of sp³-hybridized carbons (Fsp3) is 0.161. The molecule has 5 rings (SSSR count). The highest BCUT2D eigenvalue weighted by molar-refractivity contribution is 6.09. The van der Waals surface area contributed by atoms with Gasteiger partial charge in [-0.05, 0) is 71.6 Å². The highest BCUT2D eigenvalue weighted by Crippen LogP contribution is 2.36. The highest BCUT2D eigenvalue weighted by atomic mass is 19.4. The average molecular weight is 547 g/mol. The first-order valence-electron chi connectivity index (χ1n) is 12.5. The number of nitrogens with zero attached hydrogens (tertiary/aromatic N) is 1. The van der Waals surface area contributed by atoms with Crippen molar-refractivity contribution in [3.63, 3.8) is 0 Å². The number of para-hydroxylation sites is 1. The number of amides is 2. The van der Waals surface area contributed by atoms with E-state index in [0.717, 1.165) is 23.3 Å². The molecular weight excluding hydrogens is 521 g/mol. The first-order valence-corrected chi connectivity index (χ1v) is 12.5. The predicted molar refractivity (Wildman–Crippen MR) is 144 cm³/mol. The van der Waals surface area contributed by atoms with E-state index in [2.05, 4.69) is 5.32 Å². The largest absolute Gasteiger partial charge is 0.496 e. The molecule has 40 heavy (non-hydrogen) atoms. The summed E-state index contributed by atoms with van der Waals surface area (Å²) in [5.41, 5.74) is 2.70. The third-order valence-electron chi connectivity index (χ3n) is 6.67. The van der Waals surface area contributed by atoms with Crippen LogP contribution in [0.25, 0.3) is 11.1 Å². The lowest BCUT2D eigenvalue weighted by molar-refractivity contribution is -0.137. The Morgan fingerprint density at radius 1 is 0.875 bits per heavy atom. The molecule has 1 aliphatic rings. The van der Waals surface area contributed by atoms with Gasteiger partial charge < -0.3 is 19.7 Å². The lowest BCUT2D eigenvalue weighted by Gasteiger charge is -2.28. The second-order valence-electron chi connectivity index (χ2n) is 9.25. The smallest absolute Gasteiger partial charge is 0.416 e. The van der Waals surface area contributed by atoms with Gasteiger partial charge in [-0.15, -0.1) is 0 Å². The van der Waals surface area contributed by atoms with E-state index in [4.69, 9.17) is 9.47 Å². The molecule has 4 aromatic carbocycles. The molecule has 0 spiro atoms. The Kier molecular flexibility index (Phi) is 7.46. The third kappa shape index (κ3) is 5.78. The lowest BCUT2D eigenvalue weighted by atomic mass is 9.96. The van der Waals surface area contributed by atoms with E-state index in [0.29, 0.717) is 47.8 Å². The van der Waals surface area contributed by atoms with Crippen LogP contribution < -0.4 is 14.8 Å².